The Morgan fingerprint density at radius 3 is 2.59 bits per heavy atom. The van der Waals surface area contributed by atoms with Gasteiger partial charge in [0, 0.05) is 19.4 Å². The minimum Gasteiger partial charge on any atom is -0.337 e. The number of nitrogens with one attached hydrogen (secondary N) is 1. The molecule has 1 unspecified atom stereocenters. The van der Waals surface area contributed by atoms with Crippen LogP contribution in [0.1, 0.15) is 30.3 Å². The molecule has 7 heteroatoms. The van der Waals surface area contributed by atoms with E-state index in [9.17, 15) is 12.8 Å². The van der Waals surface area contributed by atoms with Gasteiger partial charge in [0.15, 0.2) is 0 Å². The van der Waals surface area contributed by atoms with E-state index in [1.54, 1.807) is 12.4 Å². The summed E-state index contributed by atoms with van der Waals surface area (Å²) >= 11 is 0. The third kappa shape index (κ3) is 3.53. The third-order valence-corrected chi connectivity index (χ3v) is 5.13. The van der Waals surface area contributed by atoms with Gasteiger partial charge in [0.25, 0.3) is 0 Å². The van der Waals surface area contributed by atoms with Gasteiger partial charge in [-0.15, -0.1) is 0 Å². The molecule has 1 fully saturated rings. The quantitative estimate of drug-likeness (QED) is 0.886. The molecule has 3 rings (SSSR count). The van der Waals surface area contributed by atoms with E-state index >= 15 is 0 Å². The molecular formula is C15H18FN3O2S. The molecule has 1 aliphatic carbocycles. The fraction of sp³-hybridized carbons (Fsp3) is 0.400. The van der Waals surface area contributed by atoms with Crippen LogP contribution in [0.25, 0.3) is 0 Å². The number of halogens is 1. The molecule has 1 heterocycles. The second kappa shape index (κ2) is 5.81. The van der Waals surface area contributed by atoms with Gasteiger partial charge >= 0.3 is 0 Å². The van der Waals surface area contributed by atoms with E-state index in [-0.39, 0.29) is 17.6 Å². The van der Waals surface area contributed by atoms with Crippen LogP contribution in [0.3, 0.4) is 0 Å². The van der Waals surface area contributed by atoms with Crippen molar-refractivity contribution < 1.29 is 12.8 Å². The average molecular weight is 323 g/mol. The third-order valence-electron chi connectivity index (χ3n) is 3.81. The largest absolute Gasteiger partial charge is 0.337 e. The van der Waals surface area contributed by atoms with Gasteiger partial charge in [0.05, 0.1) is 11.8 Å². The van der Waals surface area contributed by atoms with Crippen LogP contribution in [0.15, 0.2) is 36.7 Å². The molecule has 0 spiro atoms. The normalized spacial score (nSPS) is 16.6. The topological polar surface area (TPSA) is 64.0 Å². The Kier molecular flexibility index (Phi) is 4.01. The highest BCUT2D eigenvalue weighted by molar-refractivity contribution is 7.88. The highest BCUT2D eigenvalue weighted by Gasteiger charge is 2.37. The molecule has 1 N–H and O–H groups in total. The SMILES string of the molecule is Cn1ccnc1C(NS(=O)(=O)Cc1ccc(F)cc1)C1CC1. The summed E-state index contributed by atoms with van der Waals surface area (Å²) in [5.74, 6) is 0.480. The van der Waals surface area contributed by atoms with Crippen molar-refractivity contribution in [2.24, 2.45) is 13.0 Å². The zero-order chi connectivity index (χ0) is 15.7. The van der Waals surface area contributed by atoms with Crippen LogP contribution in [-0.2, 0) is 22.8 Å². The number of rotatable bonds is 6. The number of benzene rings is 1. The van der Waals surface area contributed by atoms with Crippen molar-refractivity contribution in [3.8, 4) is 0 Å². The Labute approximate surface area is 129 Å². The first kappa shape index (κ1) is 15.2. The Bertz CT molecular complexity index is 751. The lowest BCUT2D eigenvalue weighted by Crippen LogP contribution is -2.32. The maximum atomic E-state index is 12.9. The Morgan fingerprint density at radius 1 is 1.36 bits per heavy atom. The summed E-state index contributed by atoms with van der Waals surface area (Å²) in [4.78, 5) is 4.27. The second-order valence-corrected chi connectivity index (χ2v) is 7.47. The highest BCUT2D eigenvalue weighted by atomic mass is 32.2. The standard InChI is InChI=1S/C15H18FN3O2S/c1-19-9-8-17-15(19)14(12-4-5-12)18-22(20,21)10-11-2-6-13(16)7-3-11/h2-3,6-9,12,14,18H,4-5,10H2,1H3. The van der Waals surface area contributed by atoms with Crippen LogP contribution in [0.4, 0.5) is 4.39 Å². The summed E-state index contributed by atoms with van der Waals surface area (Å²) in [6, 6.07) is 5.21. The van der Waals surface area contributed by atoms with Crippen molar-refractivity contribution >= 4 is 10.0 Å². The number of aromatic nitrogens is 2. The fourth-order valence-corrected chi connectivity index (χ4v) is 3.90. The molecule has 0 radical (unpaired) electrons. The summed E-state index contributed by atoms with van der Waals surface area (Å²) in [7, 11) is -1.67. The second-order valence-electron chi connectivity index (χ2n) is 5.71. The van der Waals surface area contributed by atoms with Crippen LogP contribution >= 0.6 is 0 Å². The molecule has 1 aliphatic rings. The Balaban J connectivity index is 1.77. The highest BCUT2D eigenvalue weighted by Crippen LogP contribution is 2.40. The minimum atomic E-state index is -3.52. The van der Waals surface area contributed by atoms with E-state index in [1.807, 2.05) is 11.6 Å². The molecule has 0 saturated heterocycles. The number of hydrogen-bond acceptors (Lipinski definition) is 3. The molecule has 118 valence electrons. The number of sulfonamides is 1. The molecule has 1 aromatic carbocycles. The first-order valence-corrected chi connectivity index (χ1v) is 8.81. The number of imidazole rings is 1. The van der Waals surface area contributed by atoms with Gasteiger partial charge in [-0.25, -0.2) is 22.5 Å². The maximum Gasteiger partial charge on any atom is 0.216 e. The van der Waals surface area contributed by atoms with Gasteiger partial charge < -0.3 is 4.57 Å². The van der Waals surface area contributed by atoms with Gasteiger partial charge in [-0.3, -0.25) is 0 Å². The van der Waals surface area contributed by atoms with E-state index < -0.39 is 10.0 Å². The fourth-order valence-electron chi connectivity index (χ4n) is 2.50. The van der Waals surface area contributed by atoms with Crippen molar-refractivity contribution in [1.29, 1.82) is 0 Å². The first-order valence-electron chi connectivity index (χ1n) is 7.16. The van der Waals surface area contributed by atoms with Crippen LogP contribution in [-0.4, -0.2) is 18.0 Å². The molecule has 22 heavy (non-hydrogen) atoms. The van der Waals surface area contributed by atoms with Gasteiger partial charge in [0.2, 0.25) is 10.0 Å². The summed E-state index contributed by atoms with van der Waals surface area (Å²) in [6.07, 6.45) is 5.46. The monoisotopic (exact) mass is 323 g/mol. The van der Waals surface area contributed by atoms with E-state index in [2.05, 4.69) is 9.71 Å². The van der Waals surface area contributed by atoms with Gasteiger partial charge in [0.1, 0.15) is 11.6 Å². The van der Waals surface area contributed by atoms with Crippen LogP contribution in [0, 0.1) is 11.7 Å². The molecule has 0 bridgehead atoms. The molecule has 1 aromatic heterocycles. The molecule has 2 aromatic rings. The zero-order valence-electron chi connectivity index (χ0n) is 12.2. The van der Waals surface area contributed by atoms with Crippen LogP contribution in [0.5, 0.6) is 0 Å². The van der Waals surface area contributed by atoms with E-state index in [1.165, 1.54) is 24.3 Å². The van der Waals surface area contributed by atoms with Gasteiger partial charge in [-0.2, -0.15) is 0 Å². The predicted octanol–water partition coefficient (Wildman–Crippen LogP) is 2.13. The lowest BCUT2D eigenvalue weighted by atomic mass is 10.2. The summed E-state index contributed by atoms with van der Waals surface area (Å²) in [5.41, 5.74) is 0.559. The Morgan fingerprint density at radius 2 is 2.05 bits per heavy atom. The predicted molar refractivity (Wildman–Crippen MR) is 80.8 cm³/mol. The summed E-state index contributed by atoms with van der Waals surface area (Å²) < 4.78 is 42.3. The van der Waals surface area contributed by atoms with Gasteiger partial charge in [-0.05, 0) is 36.5 Å². The van der Waals surface area contributed by atoms with Crippen LogP contribution < -0.4 is 4.72 Å². The lowest BCUT2D eigenvalue weighted by molar-refractivity contribution is 0.499. The summed E-state index contributed by atoms with van der Waals surface area (Å²) in [5, 5.41) is 0. The van der Waals surface area contributed by atoms with E-state index in [4.69, 9.17) is 0 Å². The van der Waals surface area contributed by atoms with Crippen molar-refractivity contribution in [1.82, 2.24) is 14.3 Å². The van der Waals surface area contributed by atoms with Gasteiger partial charge in [-0.1, -0.05) is 12.1 Å². The molecular weight excluding hydrogens is 305 g/mol. The molecule has 1 saturated carbocycles. The molecule has 5 nitrogen and oxygen atoms in total. The van der Waals surface area contributed by atoms with Crippen LogP contribution in [0.2, 0.25) is 0 Å². The molecule has 1 atom stereocenters. The van der Waals surface area contributed by atoms with Crippen molar-refractivity contribution in [2.45, 2.75) is 24.6 Å². The number of nitrogens with zero attached hydrogens (tertiary/aromatic N) is 2. The average Bonchev–Trinajstić information content (AvgIpc) is 3.21. The maximum absolute atomic E-state index is 12.9. The van der Waals surface area contributed by atoms with Crippen molar-refractivity contribution in [3.05, 3.63) is 53.9 Å². The first-order chi connectivity index (χ1) is 10.4. The smallest absolute Gasteiger partial charge is 0.216 e. The van der Waals surface area contributed by atoms with Crippen molar-refractivity contribution in [2.75, 3.05) is 0 Å². The molecule has 0 amide bonds. The van der Waals surface area contributed by atoms with E-state index in [0.717, 1.165) is 18.7 Å². The van der Waals surface area contributed by atoms with Crippen molar-refractivity contribution in [3.63, 3.8) is 0 Å². The minimum absolute atomic E-state index is 0.166. The Hall–Kier alpha value is -1.73. The zero-order valence-corrected chi connectivity index (χ0v) is 13.1. The molecule has 0 aliphatic heterocycles. The number of aryl methyl sites for hydroxylation is 1. The van der Waals surface area contributed by atoms with E-state index in [0.29, 0.717) is 11.5 Å². The number of hydrogen-bond donors (Lipinski definition) is 1. The lowest BCUT2D eigenvalue weighted by Gasteiger charge is -2.18. The summed E-state index contributed by atoms with van der Waals surface area (Å²) in [6.45, 7) is 0.